The molecule has 3 heteroatoms. The Bertz CT molecular complexity index is 331. The number of aromatic nitrogens is 1. The molecule has 0 saturated heterocycles. The van der Waals surface area contributed by atoms with Crippen LogP contribution in [0.25, 0.3) is 0 Å². The van der Waals surface area contributed by atoms with E-state index in [2.05, 4.69) is 24.0 Å². The van der Waals surface area contributed by atoms with E-state index in [0.29, 0.717) is 0 Å². The first-order valence-electron chi connectivity index (χ1n) is 6.64. The molecule has 0 bridgehead atoms. The lowest BCUT2D eigenvalue weighted by Gasteiger charge is -2.10. The maximum absolute atomic E-state index is 5.95. The van der Waals surface area contributed by atoms with Gasteiger partial charge < -0.3 is 5.73 Å². The first kappa shape index (κ1) is 12.9. The van der Waals surface area contributed by atoms with Crippen LogP contribution in [0.3, 0.4) is 0 Å². The van der Waals surface area contributed by atoms with E-state index in [9.17, 15) is 0 Å². The summed E-state index contributed by atoms with van der Waals surface area (Å²) in [6.45, 7) is 2.09. The van der Waals surface area contributed by atoms with Gasteiger partial charge in [-0.2, -0.15) is 0 Å². The summed E-state index contributed by atoms with van der Waals surface area (Å²) >= 11 is 1.94. The van der Waals surface area contributed by atoms with Gasteiger partial charge in [-0.15, -0.1) is 11.8 Å². The minimum Gasteiger partial charge on any atom is -0.323 e. The third kappa shape index (κ3) is 3.71. The maximum atomic E-state index is 5.95. The zero-order valence-electron chi connectivity index (χ0n) is 10.6. The number of hydrogen-bond acceptors (Lipinski definition) is 3. The van der Waals surface area contributed by atoms with E-state index >= 15 is 0 Å². The fourth-order valence-electron chi connectivity index (χ4n) is 2.30. The predicted octanol–water partition coefficient (Wildman–Crippen LogP) is 3.77. The molecule has 1 aliphatic carbocycles. The first-order chi connectivity index (χ1) is 8.29. The minimum absolute atomic E-state index is 0.0869. The number of thioether (sulfide) groups is 1. The Balaban J connectivity index is 1.84. The topological polar surface area (TPSA) is 38.9 Å². The molecule has 2 N–H and O–H groups in total. The summed E-state index contributed by atoms with van der Waals surface area (Å²) < 4.78 is 0. The van der Waals surface area contributed by atoms with Crippen LogP contribution in [0.4, 0.5) is 0 Å². The van der Waals surface area contributed by atoms with Crippen LogP contribution in [0, 0.1) is 5.92 Å². The summed E-state index contributed by atoms with van der Waals surface area (Å²) in [6, 6.07) is 4.33. The molecule has 1 aromatic rings. The van der Waals surface area contributed by atoms with E-state index < -0.39 is 0 Å². The van der Waals surface area contributed by atoms with Crippen molar-refractivity contribution in [2.75, 3.05) is 5.75 Å². The molecule has 1 unspecified atom stereocenters. The third-order valence-corrected chi connectivity index (χ3v) is 4.75. The highest BCUT2D eigenvalue weighted by Gasteiger charge is 2.15. The van der Waals surface area contributed by atoms with E-state index in [-0.39, 0.29) is 6.04 Å². The molecular weight excluding hydrogens is 228 g/mol. The molecule has 17 heavy (non-hydrogen) atoms. The van der Waals surface area contributed by atoms with Gasteiger partial charge in [0.05, 0.1) is 5.69 Å². The van der Waals surface area contributed by atoms with Gasteiger partial charge in [0.1, 0.15) is 0 Å². The normalized spacial score (nSPS) is 18.5. The molecule has 2 rings (SSSR count). The fourth-order valence-corrected chi connectivity index (χ4v) is 3.35. The van der Waals surface area contributed by atoms with Crippen LogP contribution in [0.2, 0.25) is 0 Å². The summed E-state index contributed by atoms with van der Waals surface area (Å²) in [5.41, 5.74) is 6.96. The average molecular weight is 250 g/mol. The van der Waals surface area contributed by atoms with Gasteiger partial charge in [-0.05, 0) is 37.3 Å². The van der Waals surface area contributed by atoms with Crippen LogP contribution < -0.4 is 5.73 Å². The lowest BCUT2D eigenvalue weighted by Crippen LogP contribution is -2.10. The van der Waals surface area contributed by atoms with Crippen LogP contribution in [0.5, 0.6) is 0 Å². The van der Waals surface area contributed by atoms with Crippen molar-refractivity contribution in [2.45, 2.75) is 50.0 Å². The SMILES string of the molecule is CCC(N)c1ccc(SCC2CCCC2)cn1. The molecule has 1 aliphatic rings. The quantitative estimate of drug-likeness (QED) is 0.808. The highest BCUT2D eigenvalue weighted by Crippen LogP contribution is 2.30. The summed E-state index contributed by atoms with van der Waals surface area (Å²) in [6.07, 6.45) is 8.60. The van der Waals surface area contributed by atoms with Gasteiger partial charge in [-0.3, -0.25) is 4.98 Å². The Morgan fingerprint density at radius 3 is 2.76 bits per heavy atom. The molecule has 1 fully saturated rings. The van der Waals surface area contributed by atoms with Gasteiger partial charge >= 0.3 is 0 Å². The molecule has 94 valence electrons. The second-order valence-electron chi connectivity index (χ2n) is 4.89. The minimum atomic E-state index is 0.0869. The molecule has 0 aliphatic heterocycles. The highest BCUT2D eigenvalue weighted by atomic mass is 32.2. The molecular formula is C14H22N2S. The fraction of sp³-hybridized carbons (Fsp3) is 0.643. The number of rotatable bonds is 5. The molecule has 0 aromatic carbocycles. The Labute approximate surface area is 108 Å². The van der Waals surface area contributed by atoms with Crippen molar-refractivity contribution in [3.63, 3.8) is 0 Å². The molecule has 1 heterocycles. The lowest BCUT2D eigenvalue weighted by atomic mass is 10.1. The zero-order valence-corrected chi connectivity index (χ0v) is 11.4. The molecule has 1 aromatic heterocycles. The van der Waals surface area contributed by atoms with Crippen LogP contribution in [-0.4, -0.2) is 10.7 Å². The summed E-state index contributed by atoms with van der Waals surface area (Å²) in [5.74, 6) is 2.18. The van der Waals surface area contributed by atoms with E-state index in [1.54, 1.807) is 0 Å². The molecule has 0 radical (unpaired) electrons. The standard InChI is InChI=1S/C14H22N2S/c1-2-13(15)14-8-7-12(9-16-14)17-10-11-5-3-4-6-11/h7-9,11,13H,2-6,10,15H2,1H3. The summed E-state index contributed by atoms with van der Waals surface area (Å²) in [4.78, 5) is 5.73. The monoisotopic (exact) mass is 250 g/mol. The van der Waals surface area contributed by atoms with E-state index in [4.69, 9.17) is 5.73 Å². The van der Waals surface area contributed by atoms with Crippen LogP contribution in [0.1, 0.15) is 50.8 Å². The number of nitrogens with zero attached hydrogens (tertiary/aromatic N) is 1. The van der Waals surface area contributed by atoms with Gasteiger partial charge in [0, 0.05) is 22.9 Å². The van der Waals surface area contributed by atoms with Gasteiger partial charge in [0.15, 0.2) is 0 Å². The number of hydrogen-bond donors (Lipinski definition) is 1. The van der Waals surface area contributed by atoms with E-state index in [1.807, 2.05) is 18.0 Å². The van der Waals surface area contributed by atoms with Crippen molar-refractivity contribution in [3.05, 3.63) is 24.0 Å². The van der Waals surface area contributed by atoms with E-state index in [1.165, 1.54) is 36.3 Å². The Morgan fingerprint density at radius 2 is 2.18 bits per heavy atom. The van der Waals surface area contributed by atoms with Crippen molar-refractivity contribution >= 4 is 11.8 Å². The van der Waals surface area contributed by atoms with Gasteiger partial charge in [-0.1, -0.05) is 19.8 Å². The largest absolute Gasteiger partial charge is 0.323 e. The zero-order chi connectivity index (χ0) is 12.1. The van der Waals surface area contributed by atoms with Crippen molar-refractivity contribution in [2.24, 2.45) is 11.7 Å². The highest BCUT2D eigenvalue weighted by molar-refractivity contribution is 7.99. The van der Waals surface area contributed by atoms with Gasteiger partial charge in [0.25, 0.3) is 0 Å². The van der Waals surface area contributed by atoms with Crippen molar-refractivity contribution in [1.29, 1.82) is 0 Å². The third-order valence-electron chi connectivity index (χ3n) is 3.54. The lowest BCUT2D eigenvalue weighted by molar-refractivity contribution is 0.623. The summed E-state index contributed by atoms with van der Waals surface area (Å²) in [5, 5.41) is 0. The molecule has 0 spiro atoms. The van der Waals surface area contributed by atoms with Crippen molar-refractivity contribution < 1.29 is 0 Å². The van der Waals surface area contributed by atoms with Crippen molar-refractivity contribution in [3.8, 4) is 0 Å². The molecule has 2 nitrogen and oxygen atoms in total. The number of pyridine rings is 1. The average Bonchev–Trinajstić information content (AvgIpc) is 2.89. The molecule has 0 amide bonds. The second-order valence-corrected chi connectivity index (χ2v) is 5.99. The first-order valence-corrected chi connectivity index (χ1v) is 7.62. The van der Waals surface area contributed by atoms with Crippen LogP contribution in [0.15, 0.2) is 23.2 Å². The molecule has 1 saturated carbocycles. The second kappa shape index (κ2) is 6.41. The predicted molar refractivity (Wildman–Crippen MR) is 74.1 cm³/mol. The van der Waals surface area contributed by atoms with Gasteiger partial charge in [0.2, 0.25) is 0 Å². The Morgan fingerprint density at radius 1 is 1.41 bits per heavy atom. The Hall–Kier alpha value is -0.540. The van der Waals surface area contributed by atoms with Gasteiger partial charge in [-0.25, -0.2) is 0 Å². The molecule has 1 atom stereocenters. The van der Waals surface area contributed by atoms with Crippen LogP contribution >= 0.6 is 11.8 Å². The smallest absolute Gasteiger partial charge is 0.0571 e. The summed E-state index contributed by atoms with van der Waals surface area (Å²) in [7, 11) is 0. The number of nitrogens with two attached hydrogens (primary N) is 1. The van der Waals surface area contributed by atoms with Crippen molar-refractivity contribution in [1.82, 2.24) is 4.98 Å². The maximum Gasteiger partial charge on any atom is 0.0571 e. The van der Waals surface area contributed by atoms with E-state index in [0.717, 1.165) is 18.0 Å². The Kier molecular flexibility index (Phi) is 4.86. The van der Waals surface area contributed by atoms with Crippen LogP contribution in [-0.2, 0) is 0 Å².